The van der Waals surface area contributed by atoms with Crippen molar-refractivity contribution in [1.82, 2.24) is 9.57 Å². The third kappa shape index (κ3) is 6.14. The molecule has 0 spiro atoms. The van der Waals surface area contributed by atoms with Gasteiger partial charge in [-0.3, -0.25) is 14.4 Å². The van der Waals surface area contributed by atoms with Gasteiger partial charge in [-0.05, 0) is 78.9 Å². The molecule has 5 rings (SSSR count). The lowest BCUT2D eigenvalue weighted by Crippen LogP contribution is -2.49. The Morgan fingerprint density at radius 1 is 0.946 bits per heavy atom. The second kappa shape index (κ2) is 12.0. The average molecular weight is 591 g/mol. The van der Waals surface area contributed by atoms with E-state index in [4.69, 9.17) is 46.6 Å². The van der Waals surface area contributed by atoms with Crippen molar-refractivity contribution in [3.05, 3.63) is 92.9 Å². The monoisotopic (exact) mass is 589 g/mol. The Morgan fingerprint density at radius 2 is 1.59 bits per heavy atom. The van der Waals surface area contributed by atoms with E-state index in [0.717, 1.165) is 48.5 Å². The zero-order valence-electron chi connectivity index (χ0n) is 20.1. The lowest BCUT2D eigenvalue weighted by atomic mass is 9.96. The van der Waals surface area contributed by atoms with Crippen LogP contribution in [0.5, 0.6) is 0 Å². The first kappa shape index (κ1) is 26.9. The van der Waals surface area contributed by atoms with Crippen LogP contribution in [0.3, 0.4) is 0 Å². The van der Waals surface area contributed by atoms with Crippen LogP contribution in [-0.2, 0) is 29.6 Å². The minimum absolute atomic E-state index is 0.0479. The minimum Gasteiger partial charge on any atom is -0.353 e. The molecule has 0 saturated carbocycles. The van der Waals surface area contributed by atoms with Gasteiger partial charge in [-0.1, -0.05) is 71.2 Å². The molecule has 2 saturated heterocycles. The van der Waals surface area contributed by atoms with Crippen LogP contribution in [0.2, 0.25) is 15.1 Å². The van der Waals surface area contributed by atoms with E-state index in [2.05, 4.69) is 22.3 Å². The van der Waals surface area contributed by atoms with Crippen molar-refractivity contribution in [3.8, 4) is 0 Å². The van der Waals surface area contributed by atoms with Crippen molar-refractivity contribution in [1.29, 1.82) is 0 Å². The number of nitrogens with zero attached hydrogens (tertiary/aromatic N) is 2. The van der Waals surface area contributed by atoms with Crippen LogP contribution in [0.15, 0.2) is 66.7 Å². The fourth-order valence-electron chi connectivity index (χ4n) is 5.61. The first-order valence-corrected chi connectivity index (χ1v) is 15.4. The molecule has 9 heteroatoms. The smallest absolute Gasteiger partial charge is 0.235 e. The summed E-state index contributed by atoms with van der Waals surface area (Å²) >= 11 is 24.3. The number of halogens is 3. The molecule has 1 N–H and O–H groups in total. The molecule has 1 unspecified atom stereocenters. The number of hydrogen-bond acceptors (Lipinski definition) is 4. The second-order valence-corrected chi connectivity index (χ2v) is 12.0. The van der Waals surface area contributed by atoms with Crippen molar-refractivity contribution in [2.75, 3.05) is 5.32 Å². The molecule has 1 amide bonds. The SMILES string of the molecule is O=C(Cc1ccccc1Nc1c(Cl)cccc1Cl)N(P=S)C1C[C@H]2CC[C@@H](C1)N2Cc1ccc(Cl)cc1. The van der Waals surface area contributed by atoms with Gasteiger partial charge < -0.3 is 5.32 Å². The quantitative estimate of drug-likeness (QED) is 0.268. The lowest BCUT2D eigenvalue weighted by molar-refractivity contribution is -0.128. The molecule has 0 radical (unpaired) electrons. The third-order valence-electron chi connectivity index (χ3n) is 7.41. The van der Waals surface area contributed by atoms with E-state index in [-0.39, 0.29) is 18.4 Å². The highest BCUT2D eigenvalue weighted by atomic mass is 35.5. The molecule has 3 atom stereocenters. The van der Waals surface area contributed by atoms with Gasteiger partial charge in [0.2, 0.25) is 5.91 Å². The Balaban J connectivity index is 1.27. The van der Waals surface area contributed by atoms with Crippen LogP contribution in [0, 0.1) is 0 Å². The lowest BCUT2D eigenvalue weighted by Gasteiger charge is -2.41. The number of rotatable bonds is 8. The van der Waals surface area contributed by atoms with Gasteiger partial charge in [0.25, 0.3) is 0 Å². The molecule has 37 heavy (non-hydrogen) atoms. The zero-order valence-corrected chi connectivity index (χ0v) is 24.1. The van der Waals surface area contributed by atoms with Crippen LogP contribution in [0.25, 0.3) is 0 Å². The second-order valence-electron chi connectivity index (χ2n) is 9.68. The van der Waals surface area contributed by atoms with Crippen molar-refractivity contribution < 1.29 is 4.79 Å². The number of nitrogens with one attached hydrogen (secondary N) is 1. The van der Waals surface area contributed by atoms with Crippen molar-refractivity contribution >= 4 is 71.4 Å². The molecule has 2 aliphatic rings. The molecule has 2 bridgehead atoms. The maximum absolute atomic E-state index is 13.6. The van der Waals surface area contributed by atoms with E-state index >= 15 is 0 Å². The molecule has 3 aromatic carbocycles. The number of carbonyl (C=O) groups is 1. The molecule has 3 aromatic rings. The Bertz CT molecular complexity index is 1260. The molecule has 4 nitrogen and oxygen atoms in total. The fourth-order valence-corrected chi connectivity index (χ4v) is 7.39. The highest BCUT2D eigenvalue weighted by molar-refractivity contribution is 7.95. The summed E-state index contributed by atoms with van der Waals surface area (Å²) in [6, 6.07) is 22.3. The highest BCUT2D eigenvalue weighted by Crippen LogP contribution is 2.40. The van der Waals surface area contributed by atoms with E-state index in [1.54, 1.807) is 18.2 Å². The number of piperidine rings is 1. The van der Waals surface area contributed by atoms with Crippen LogP contribution in [0.1, 0.15) is 36.8 Å². The van der Waals surface area contributed by atoms with Crippen molar-refractivity contribution in [2.45, 2.75) is 56.8 Å². The first-order valence-electron chi connectivity index (χ1n) is 12.4. The highest BCUT2D eigenvalue weighted by Gasteiger charge is 2.43. The van der Waals surface area contributed by atoms with E-state index in [9.17, 15) is 4.79 Å². The van der Waals surface area contributed by atoms with Gasteiger partial charge in [0.15, 0.2) is 0 Å². The summed E-state index contributed by atoms with van der Waals surface area (Å²) in [5, 5.41) is 5.15. The molecular weight excluding hydrogens is 564 g/mol. The van der Waals surface area contributed by atoms with Gasteiger partial charge in [-0.25, -0.2) is 0 Å². The largest absolute Gasteiger partial charge is 0.353 e. The summed E-state index contributed by atoms with van der Waals surface area (Å²) in [6.45, 7) is 0.919. The Hall–Kier alpha value is -1.72. The van der Waals surface area contributed by atoms with Crippen molar-refractivity contribution in [3.63, 3.8) is 0 Å². The summed E-state index contributed by atoms with van der Waals surface area (Å²) in [5.41, 5.74) is 3.60. The number of fused-ring (bicyclic) bond motifs is 2. The molecule has 2 aliphatic heterocycles. The number of amides is 1. The van der Waals surface area contributed by atoms with Crippen LogP contribution in [0.4, 0.5) is 11.4 Å². The van der Waals surface area contributed by atoms with Crippen LogP contribution >= 0.6 is 42.3 Å². The predicted molar refractivity (Wildman–Crippen MR) is 158 cm³/mol. The van der Waals surface area contributed by atoms with Gasteiger partial charge in [0.05, 0.1) is 29.7 Å². The van der Waals surface area contributed by atoms with Gasteiger partial charge in [-0.15, -0.1) is 0 Å². The number of para-hydroxylation sites is 2. The number of anilines is 2. The number of carbonyl (C=O) groups excluding carboxylic acids is 1. The summed E-state index contributed by atoms with van der Waals surface area (Å²) in [5.74, 6) is 0.0479. The van der Waals surface area contributed by atoms with Crippen LogP contribution < -0.4 is 5.32 Å². The Morgan fingerprint density at radius 3 is 2.24 bits per heavy atom. The third-order valence-corrected chi connectivity index (χ3v) is 9.54. The zero-order chi connectivity index (χ0) is 25.9. The maximum Gasteiger partial charge on any atom is 0.235 e. The van der Waals surface area contributed by atoms with Gasteiger partial charge in [0.1, 0.15) is 0 Å². The molecule has 192 valence electrons. The first-order chi connectivity index (χ1) is 17.9. The summed E-state index contributed by atoms with van der Waals surface area (Å²) in [7, 11) is 0.575. The van der Waals surface area contributed by atoms with E-state index in [1.807, 2.05) is 41.1 Å². The fraction of sp³-hybridized carbons (Fsp3) is 0.321. The standard InChI is InChI=1S/C28H27Cl3N3OPS/c29-20-10-8-18(9-11-20)17-33-21-12-13-22(33)16-23(15-21)34(36-37)27(35)14-19-4-1-2-7-26(19)32-28-24(30)5-3-6-25(28)31/h1-11,21-23,32H,12-17H2/t21-,22+,23?. The minimum atomic E-state index is 0.0479. The predicted octanol–water partition coefficient (Wildman–Crippen LogP) is 8.28. The van der Waals surface area contributed by atoms with Crippen molar-refractivity contribution in [2.24, 2.45) is 0 Å². The maximum atomic E-state index is 13.6. The topological polar surface area (TPSA) is 35.6 Å². The summed E-state index contributed by atoms with van der Waals surface area (Å²) in [6.07, 6.45) is 4.49. The Kier molecular flexibility index (Phi) is 8.70. The molecule has 2 fully saturated rings. The Labute approximate surface area is 239 Å². The van der Waals surface area contributed by atoms with Crippen LogP contribution in [-0.4, -0.2) is 33.6 Å². The summed E-state index contributed by atoms with van der Waals surface area (Å²) < 4.78 is 1.89. The van der Waals surface area contributed by atoms with Gasteiger partial charge in [-0.2, -0.15) is 0 Å². The number of benzene rings is 3. The van der Waals surface area contributed by atoms with Gasteiger partial charge >= 0.3 is 0 Å². The molecule has 0 aliphatic carbocycles. The number of hydrogen-bond donors (Lipinski definition) is 1. The summed E-state index contributed by atoms with van der Waals surface area (Å²) in [4.78, 5) is 16.2. The van der Waals surface area contributed by atoms with E-state index < -0.39 is 0 Å². The van der Waals surface area contributed by atoms with Gasteiger partial charge in [0, 0.05) is 35.4 Å². The normalized spacial score (nSPS) is 21.2. The van der Waals surface area contributed by atoms with E-state index in [1.165, 1.54) is 5.56 Å². The molecular formula is C28H27Cl3N3OPS. The van der Waals surface area contributed by atoms with E-state index in [0.29, 0.717) is 35.3 Å². The molecule has 2 heterocycles. The average Bonchev–Trinajstić information content (AvgIpc) is 3.10. The molecule has 0 aromatic heterocycles.